The molecule has 6 heteroatoms. The summed E-state index contributed by atoms with van der Waals surface area (Å²) in [6, 6.07) is 13.2. The van der Waals surface area contributed by atoms with Crippen LogP contribution in [0.4, 0.5) is 4.39 Å². The lowest BCUT2D eigenvalue weighted by molar-refractivity contribution is -0.127. The summed E-state index contributed by atoms with van der Waals surface area (Å²) in [6.45, 7) is 5.28. The van der Waals surface area contributed by atoms with Gasteiger partial charge in [-0.2, -0.15) is 0 Å². The van der Waals surface area contributed by atoms with Gasteiger partial charge in [0.15, 0.2) is 0 Å². The van der Waals surface area contributed by atoms with Gasteiger partial charge in [0.25, 0.3) is 0 Å². The van der Waals surface area contributed by atoms with Crippen LogP contribution in [0.1, 0.15) is 36.9 Å². The lowest BCUT2D eigenvalue weighted by Gasteiger charge is -2.42. The normalized spacial score (nSPS) is 21.4. The molecule has 0 aliphatic carbocycles. The Bertz CT molecular complexity index is 823. The highest BCUT2D eigenvalue weighted by Crippen LogP contribution is 2.25. The van der Waals surface area contributed by atoms with Crippen molar-refractivity contribution in [1.82, 2.24) is 20.1 Å². The second-order valence-corrected chi connectivity index (χ2v) is 8.51. The largest absolute Gasteiger partial charge is 0.350 e. The molecule has 2 fully saturated rings. The molecule has 2 aliphatic heterocycles. The number of halogens is 1. The quantitative estimate of drug-likeness (QED) is 0.795. The molecule has 4 rings (SSSR count). The Morgan fingerprint density at radius 3 is 2.73 bits per heavy atom. The van der Waals surface area contributed by atoms with Crippen molar-refractivity contribution in [1.29, 1.82) is 0 Å². The van der Waals surface area contributed by atoms with Gasteiger partial charge in [-0.05, 0) is 75.1 Å². The lowest BCUT2D eigenvalue weighted by atomic mass is 9.93. The van der Waals surface area contributed by atoms with E-state index >= 15 is 0 Å². The Morgan fingerprint density at radius 2 is 1.97 bits per heavy atom. The molecule has 1 aromatic heterocycles. The van der Waals surface area contributed by atoms with Crippen LogP contribution >= 0.6 is 0 Å². The average molecular weight is 411 g/mol. The van der Waals surface area contributed by atoms with E-state index in [2.05, 4.69) is 20.1 Å². The number of nitrogens with one attached hydrogen (secondary N) is 1. The zero-order valence-corrected chi connectivity index (χ0v) is 17.5. The van der Waals surface area contributed by atoms with Crippen molar-refractivity contribution in [3.05, 3.63) is 65.7 Å². The molecular formula is C24H31FN4O. The standard InChI is InChI=1S/C24H31FN4O/c25-21-7-3-5-19(15-21)17-28-13-9-23(10-14-28)29-12-4-6-20(18-29)24(30)27-16-22-8-1-2-11-26-22/h1-3,5,7-8,11,15,20,23H,4,6,9-10,12-14,16-18H2,(H,27,30)/t20-/m1/s1. The van der Waals surface area contributed by atoms with Crippen molar-refractivity contribution in [2.45, 2.75) is 44.8 Å². The molecule has 1 aromatic carbocycles. The zero-order chi connectivity index (χ0) is 20.8. The molecule has 1 N–H and O–H groups in total. The third kappa shape index (κ3) is 5.64. The molecule has 1 atom stereocenters. The van der Waals surface area contributed by atoms with Gasteiger partial charge in [-0.25, -0.2) is 4.39 Å². The minimum absolute atomic E-state index is 0.0628. The molecule has 160 valence electrons. The van der Waals surface area contributed by atoms with E-state index in [-0.39, 0.29) is 17.6 Å². The van der Waals surface area contributed by atoms with Gasteiger partial charge in [0.2, 0.25) is 5.91 Å². The number of benzene rings is 1. The number of pyridine rings is 1. The maximum atomic E-state index is 13.4. The first kappa shape index (κ1) is 20.9. The Labute approximate surface area is 178 Å². The van der Waals surface area contributed by atoms with Crippen molar-refractivity contribution in [2.24, 2.45) is 5.92 Å². The van der Waals surface area contributed by atoms with Crippen molar-refractivity contribution >= 4 is 5.91 Å². The summed E-state index contributed by atoms with van der Waals surface area (Å²) in [6.07, 6.45) is 6.01. The number of carbonyl (C=O) groups is 1. The van der Waals surface area contributed by atoms with Crippen LogP contribution in [-0.4, -0.2) is 52.9 Å². The highest BCUT2D eigenvalue weighted by atomic mass is 19.1. The van der Waals surface area contributed by atoms with Gasteiger partial charge in [0.1, 0.15) is 5.82 Å². The summed E-state index contributed by atoms with van der Waals surface area (Å²) in [5.41, 5.74) is 1.93. The van der Waals surface area contributed by atoms with Crippen LogP contribution in [0.15, 0.2) is 48.7 Å². The number of hydrogen-bond donors (Lipinski definition) is 1. The van der Waals surface area contributed by atoms with Gasteiger partial charge in [-0.1, -0.05) is 18.2 Å². The second-order valence-electron chi connectivity index (χ2n) is 8.51. The van der Waals surface area contributed by atoms with Crippen molar-refractivity contribution in [2.75, 3.05) is 26.2 Å². The van der Waals surface area contributed by atoms with Crippen LogP contribution in [0, 0.1) is 11.7 Å². The molecule has 5 nitrogen and oxygen atoms in total. The molecule has 2 aromatic rings. The summed E-state index contributed by atoms with van der Waals surface area (Å²) in [5, 5.41) is 3.06. The fourth-order valence-corrected chi connectivity index (χ4v) is 4.71. The molecule has 0 saturated carbocycles. The van der Waals surface area contributed by atoms with Crippen molar-refractivity contribution < 1.29 is 9.18 Å². The number of likely N-dealkylation sites (tertiary alicyclic amines) is 2. The number of aromatic nitrogens is 1. The van der Waals surface area contributed by atoms with E-state index in [0.717, 1.165) is 69.7 Å². The van der Waals surface area contributed by atoms with Crippen LogP contribution in [0.25, 0.3) is 0 Å². The van der Waals surface area contributed by atoms with Gasteiger partial charge < -0.3 is 5.32 Å². The fraction of sp³-hybridized carbons (Fsp3) is 0.500. The number of hydrogen-bond acceptors (Lipinski definition) is 4. The van der Waals surface area contributed by atoms with E-state index in [9.17, 15) is 9.18 Å². The molecule has 2 aliphatic rings. The third-order valence-electron chi connectivity index (χ3n) is 6.36. The molecule has 3 heterocycles. The SMILES string of the molecule is O=C(NCc1ccccn1)[C@@H]1CCCN(C2CCN(Cc3cccc(F)c3)CC2)C1. The van der Waals surface area contributed by atoms with Gasteiger partial charge in [-0.3, -0.25) is 19.6 Å². The predicted octanol–water partition coefficient (Wildman–Crippen LogP) is 3.21. The second kappa shape index (κ2) is 10.1. The molecule has 1 amide bonds. The lowest BCUT2D eigenvalue weighted by Crippen LogP contribution is -2.50. The summed E-state index contributed by atoms with van der Waals surface area (Å²) in [7, 11) is 0. The average Bonchev–Trinajstić information content (AvgIpc) is 2.79. The maximum Gasteiger partial charge on any atom is 0.224 e. The van der Waals surface area contributed by atoms with Gasteiger partial charge >= 0.3 is 0 Å². The first-order valence-electron chi connectivity index (χ1n) is 11.1. The molecular weight excluding hydrogens is 379 g/mol. The summed E-state index contributed by atoms with van der Waals surface area (Å²) >= 11 is 0. The summed E-state index contributed by atoms with van der Waals surface area (Å²) < 4.78 is 13.4. The maximum absolute atomic E-state index is 13.4. The fourth-order valence-electron chi connectivity index (χ4n) is 4.71. The van der Waals surface area contributed by atoms with Gasteiger partial charge in [0.05, 0.1) is 18.2 Å². The molecule has 30 heavy (non-hydrogen) atoms. The Kier molecular flexibility index (Phi) is 7.07. The van der Waals surface area contributed by atoms with Crippen LogP contribution in [-0.2, 0) is 17.9 Å². The monoisotopic (exact) mass is 410 g/mol. The highest BCUT2D eigenvalue weighted by Gasteiger charge is 2.31. The van der Waals surface area contributed by atoms with Crippen molar-refractivity contribution in [3.63, 3.8) is 0 Å². The van der Waals surface area contributed by atoms with E-state index in [1.807, 2.05) is 24.3 Å². The highest BCUT2D eigenvalue weighted by molar-refractivity contribution is 5.78. The van der Waals surface area contributed by atoms with E-state index in [4.69, 9.17) is 0 Å². The van der Waals surface area contributed by atoms with E-state index in [1.54, 1.807) is 18.3 Å². The topological polar surface area (TPSA) is 48.5 Å². The van der Waals surface area contributed by atoms with Gasteiger partial charge in [-0.15, -0.1) is 0 Å². The first-order chi connectivity index (χ1) is 14.7. The zero-order valence-electron chi connectivity index (χ0n) is 17.5. The molecule has 0 bridgehead atoms. The van der Waals surface area contributed by atoms with E-state index < -0.39 is 0 Å². The van der Waals surface area contributed by atoms with Crippen LogP contribution < -0.4 is 5.32 Å². The summed E-state index contributed by atoms with van der Waals surface area (Å²) in [4.78, 5) is 21.9. The summed E-state index contributed by atoms with van der Waals surface area (Å²) in [5.74, 6) is 0.0461. The Hall–Kier alpha value is -2.31. The minimum atomic E-state index is -0.164. The molecule has 2 saturated heterocycles. The number of piperidine rings is 2. The van der Waals surface area contributed by atoms with Crippen LogP contribution in [0.2, 0.25) is 0 Å². The Morgan fingerprint density at radius 1 is 1.10 bits per heavy atom. The molecule has 0 unspecified atom stereocenters. The number of carbonyl (C=O) groups excluding carboxylic acids is 1. The number of amides is 1. The molecule has 0 radical (unpaired) electrons. The van der Waals surface area contributed by atoms with Crippen molar-refractivity contribution in [3.8, 4) is 0 Å². The third-order valence-corrected chi connectivity index (χ3v) is 6.36. The van der Waals surface area contributed by atoms with E-state index in [0.29, 0.717) is 12.6 Å². The van der Waals surface area contributed by atoms with Crippen LogP contribution in [0.3, 0.4) is 0 Å². The smallest absolute Gasteiger partial charge is 0.224 e. The number of nitrogens with zero attached hydrogens (tertiary/aromatic N) is 3. The number of rotatable bonds is 6. The first-order valence-corrected chi connectivity index (χ1v) is 11.1. The Balaban J connectivity index is 1.23. The molecule has 0 spiro atoms. The van der Waals surface area contributed by atoms with E-state index in [1.165, 1.54) is 6.07 Å². The van der Waals surface area contributed by atoms with Crippen LogP contribution in [0.5, 0.6) is 0 Å². The minimum Gasteiger partial charge on any atom is -0.350 e. The predicted molar refractivity (Wildman–Crippen MR) is 115 cm³/mol. The van der Waals surface area contributed by atoms with Gasteiger partial charge in [0, 0.05) is 25.3 Å².